The summed E-state index contributed by atoms with van der Waals surface area (Å²) in [5.41, 5.74) is 8.84. The highest BCUT2D eigenvalue weighted by Gasteiger charge is 2.27. The molecule has 0 aromatic heterocycles. The molecule has 1 aliphatic carbocycles. The van der Waals surface area contributed by atoms with Gasteiger partial charge in [-0.3, -0.25) is 0 Å². The lowest BCUT2D eigenvalue weighted by Crippen LogP contribution is -2.42. The van der Waals surface area contributed by atoms with Crippen molar-refractivity contribution in [2.75, 3.05) is 7.11 Å². The minimum absolute atomic E-state index is 0.145. The summed E-state index contributed by atoms with van der Waals surface area (Å²) in [5, 5.41) is 2.63. The lowest BCUT2D eigenvalue weighted by atomic mass is 9.78. The molecule has 0 spiro atoms. The minimum atomic E-state index is -0.145. The Morgan fingerprint density at radius 2 is 1.79 bits per heavy atom. The number of benzene rings is 2. The minimum Gasteiger partial charge on any atom is -0.497 e. The number of hydrogen-bond donors (Lipinski definition) is 1. The van der Waals surface area contributed by atoms with Crippen LogP contribution >= 0.6 is 0 Å². The standard InChI is InChI=1S/C15H17NO.C2H6/c1-15(16)8-11-5-3-4-10-6-13(17-2)7-12(9-15)14(10)11;1-2/h3-7H,8-9,16H2,1-2H3;1-2H3. The van der Waals surface area contributed by atoms with Crippen LogP contribution in [0.1, 0.15) is 31.9 Å². The molecular weight excluding hydrogens is 234 g/mol. The molecule has 0 saturated carbocycles. The third-order valence-electron chi connectivity index (χ3n) is 3.54. The van der Waals surface area contributed by atoms with Crippen LogP contribution in [-0.4, -0.2) is 12.6 Å². The van der Waals surface area contributed by atoms with Crippen LogP contribution in [0.4, 0.5) is 0 Å². The molecule has 2 aromatic carbocycles. The van der Waals surface area contributed by atoms with Crippen molar-refractivity contribution in [2.24, 2.45) is 5.73 Å². The normalized spacial score (nSPS) is 20.7. The first kappa shape index (κ1) is 13.9. The second-order valence-electron chi connectivity index (χ2n) is 5.31. The zero-order valence-electron chi connectivity index (χ0n) is 12.3. The van der Waals surface area contributed by atoms with Crippen molar-refractivity contribution in [3.05, 3.63) is 41.5 Å². The van der Waals surface area contributed by atoms with Crippen molar-refractivity contribution in [3.8, 4) is 5.75 Å². The molecule has 0 heterocycles. The number of nitrogens with two attached hydrogens (primary N) is 1. The fourth-order valence-electron chi connectivity index (χ4n) is 2.91. The largest absolute Gasteiger partial charge is 0.497 e. The van der Waals surface area contributed by atoms with Crippen LogP contribution in [0.2, 0.25) is 0 Å². The molecule has 2 nitrogen and oxygen atoms in total. The Morgan fingerprint density at radius 1 is 1.11 bits per heavy atom. The highest BCUT2D eigenvalue weighted by Crippen LogP contribution is 2.35. The van der Waals surface area contributed by atoms with E-state index in [0.29, 0.717) is 0 Å². The van der Waals surface area contributed by atoms with Gasteiger partial charge in [-0.05, 0) is 53.8 Å². The van der Waals surface area contributed by atoms with E-state index in [0.717, 1.165) is 18.6 Å². The van der Waals surface area contributed by atoms with Gasteiger partial charge in [0.05, 0.1) is 7.11 Å². The topological polar surface area (TPSA) is 35.2 Å². The average Bonchev–Trinajstić information content (AvgIpc) is 2.39. The molecule has 2 aromatic rings. The quantitative estimate of drug-likeness (QED) is 0.845. The summed E-state index contributed by atoms with van der Waals surface area (Å²) in [4.78, 5) is 0. The highest BCUT2D eigenvalue weighted by atomic mass is 16.5. The predicted octanol–water partition coefficient (Wildman–Crippen LogP) is 3.69. The van der Waals surface area contributed by atoms with Crippen molar-refractivity contribution in [1.82, 2.24) is 0 Å². The molecule has 1 atom stereocenters. The van der Waals surface area contributed by atoms with Crippen molar-refractivity contribution in [2.45, 2.75) is 39.2 Å². The highest BCUT2D eigenvalue weighted by molar-refractivity contribution is 5.91. The summed E-state index contributed by atoms with van der Waals surface area (Å²) in [6.45, 7) is 6.12. The van der Waals surface area contributed by atoms with Crippen molar-refractivity contribution >= 4 is 10.8 Å². The molecule has 3 rings (SSSR count). The van der Waals surface area contributed by atoms with E-state index in [1.807, 2.05) is 13.8 Å². The number of rotatable bonds is 1. The molecular formula is C17H23NO. The molecule has 102 valence electrons. The van der Waals surface area contributed by atoms with Gasteiger partial charge in [0, 0.05) is 5.54 Å². The molecule has 0 bridgehead atoms. The molecule has 0 amide bonds. The van der Waals surface area contributed by atoms with Gasteiger partial charge >= 0.3 is 0 Å². The second-order valence-corrected chi connectivity index (χ2v) is 5.31. The van der Waals surface area contributed by atoms with Gasteiger partial charge in [-0.15, -0.1) is 0 Å². The molecule has 1 aliphatic rings. The molecule has 19 heavy (non-hydrogen) atoms. The van der Waals surface area contributed by atoms with Gasteiger partial charge < -0.3 is 10.5 Å². The summed E-state index contributed by atoms with van der Waals surface area (Å²) < 4.78 is 5.36. The van der Waals surface area contributed by atoms with Gasteiger partial charge in [-0.2, -0.15) is 0 Å². The fraction of sp³-hybridized carbons (Fsp3) is 0.412. The zero-order chi connectivity index (χ0) is 14.0. The Morgan fingerprint density at radius 3 is 2.47 bits per heavy atom. The van der Waals surface area contributed by atoms with E-state index < -0.39 is 0 Å². The van der Waals surface area contributed by atoms with Crippen molar-refractivity contribution in [1.29, 1.82) is 0 Å². The van der Waals surface area contributed by atoms with Gasteiger partial charge in [0.1, 0.15) is 5.75 Å². The monoisotopic (exact) mass is 257 g/mol. The summed E-state index contributed by atoms with van der Waals surface area (Å²) in [5.74, 6) is 0.919. The van der Waals surface area contributed by atoms with Gasteiger partial charge in [0.15, 0.2) is 0 Å². The second kappa shape index (κ2) is 5.22. The van der Waals surface area contributed by atoms with E-state index in [2.05, 4.69) is 37.3 Å². The fourth-order valence-corrected chi connectivity index (χ4v) is 2.91. The van der Waals surface area contributed by atoms with Crippen LogP contribution in [-0.2, 0) is 12.8 Å². The Kier molecular flexibility index (Phi) is 3.81. The summed E-state index contributed by atoms with van der Waals surface area (Å²) in [6.07, 6.45) is 1.86. The van der Waals surface area contributed by atoms with Crippen molar-refractivity contribution in [3.63, 3.8) is 0 Å². The summed E-state index contributed by atoms with van der Waals surface area (Å²) in [6, 6.07) is 10.6. The number of hydrogen-bond acceptors (Lipinski definition) is 2. The Bertz CT molecular complexity index is 587. The zero-order valence-corrected chi connectivity index (χ0v) is 12.3. The lowest BCUT2D eigenvalue weighted by molar-refractivity contribution is 0.412. The van der Waals surface area contributed by atoms with E-state index >= 15 is 0 Å². The number of methoxy groups -OCH3 is 1. The third kappa shape index (κ3) is 2.59. The van der Waals surface area contributed by atoms with Gasteiger partial charge in [0.2, 0.25) is 0 Å². The molecule has 0 radical (unpaired) electrons. The van der Waals surface area contributed by atoms with Gasteiger partial charge in [0.25, 0.3) is 0 Å². The van der Waals surface area contributed by atoms with E-state index in [-0.39, 0.29) is 5.54 Å². The Hall–Kier alpha value is -1.54. The third-order valence-corrected chi connectivity index (χ3v) is 3.54. The molecule has 2 heteroatoms. The van der Waals surface area contributed by atoms with E-state index in [1.54, 1.807) is 7.11 Å². The first-order chi connectivity index (χ1) is 9.09. The van der Waals surface area contributed by atoms with Gasteiger partial charge in [-0.25, -0.2) is 0 Å². The van der Waals surface area contributed by atoms with Crippen LogP contribution < -0.4 is 10.5 Å². The maximum absolute atomic E-state index is 6.32. The average molecular weight is 257 g/mol. The molecule has 0 saturated heterocycles. The molecule has 2 N–H and O–H groups in total. The summed E-state index contributed by atoms with van der Waals surface area (Å²) >= 11 is 0. The lowest BCUT2D eigenvalue weighted by Gasteiger charge is -2.31. The van der Waals surface area contributed by atoms with E-state index in [9.17, 15) is 0 Å². The number of ether oxygens (including phenoxy) is 1. The smallest absolute Gasteiger partial charge is 0.119 e. The van der Waals surface area contributed by atoms with Crippen LogP contribution in [0, 0.1) is 0 Å². The molecule has 0 fully saturated rings. The van der Waals surface area contributed by atoms with Crippen LogP contribution in [0.5, 0.6) is 5.75 Å². The Balaban J connectivity index is 0.000000637. The predicted molar refractivity (Wildman–Crippen MR) is 81.8 cm³/mol. The van der Waals surface area contributed by atoms with Gasteiger partial charge in [-0.1, -0.05) is 32.0 Å². The SMILES string of the molecule is CC.COc1cc2c3c(cccc3c1)CC(C)(N)C2. The van der Waals surface area contributed by atoms with Crippen LogP contribution in [0.15, 0.2) is 30.3 Å². The maximum Gasteiger partial charge on any atom is 0.119 e. The van der Waals surface area contributed by atoms with E-state index in [1.165, 1.54) is 21.9 Å². The Labute approximate surface area is 115 Å². The van der Waals surface area contributed by atoms with E-state index in [4.69, 9.17) is 10.5 Å². The van der Waals surface area contributed by atoms with Crippen molar-refractivity contribution < 1.29 is 4.74 Å². The summed E-state index contributed by atoms with van der Waals surface area (Å²) in [7, 11) is 1.71. The molecule has 0 aliphatic heterocycles. The molecule has 1 unspecified atom stereocenters. The van der Waals surface area contributed by atoms with Crippen LogP contribution in [0.3, 0.4) is 0 Å². The first-order valence-electron chi connectivity index (χ1n) is 6.96. The first-order valence-corrected chi connectivity index (χ1v) is 6.96. The van der Waals surface area contributed by atoms with Crippen LogP contribution in [0.25, 0.3) is 10.8 Å². The maximum atomic E-state index is 6.32.